The molecular weight excluding hydrogens is 517 g/mol. The van der Waals surface area contributed by atoms with Crippen molar-refractivity contribution in [3.8, 4) is 0 Å². The number of halogens is 1. The molecule has 2 aliphatic heterocycles. The van der Waals surface area contributed by atoms with Gasteiger partial charge in [-0.2, -0.15) is 0 Å². The summed E-state index contributed by atoms with van der Waals surface area (Å²) in [7, 11) is 1.87. The van der Waals surface area contributed by atoms with Gasteiger partial charge >= 0.3 is 0 Å². The summed E-state index contributed by atoms with van der Waals surface area (Å²) in [6.07, 6.45) is 13.4. The third-order valence-corrected chi connectivity index (χ3v) is 7.33. The van der Waals surface area contributed by atoms with Crippen molar-refractivity contribution in [2.45, 2.75) is 82.7 Å². The Labute approximate surface area is 210 Å². The normalized spacial score (nSPS) is 21.8. The quantitative estimate of drug-likeness (QED) is 0.232. The minimum Gasteiger partial charge on any atom is -0.379 e. The number of aliphatic imine (C=N–C) groups is 1. The van der Waals surface area contributed by atoms with Gasteiger partial charge in [0.2, 0.25) is 0 Å². The molecule has 2 N–H and O–H groups in total. The topological polar surface area (TPSA) is 79.6 Å². The largest absolute Gasteiger partial charge is 0.379 e. The van der Waals surface area contributed by atoms with Crippen molar-refractivity contribution in [3.05, 3.63) is 11.6 Å². The molecule has 1 saturated heterocycles. The zero-order chi connectivity index (χ0) is 21.4. The average molecular weight is 560 g/mol. The van der Waals surface area contributed by atoms with Crippen LogP contribution in [-0.2, 0) is 24.1 Å². The lowest BCUT2D eigenvalue weighted by Crippen LogP contribution is -2.60. The van der Waals surface area contributed by atoms with Crippen LogP contribution in [0.3, 0.4) is 0 Å². The molecule has 0 atom stereocenters. The van der Waals surface area contributed by atoms with Crippen molar-refractivity contribution >= 4 is 29.9 Å². The molecular formula is C23H42IN7O. The monoisotopic (exact) mass is 559 g/mol. The highest BCUT2D eigenvalue weighted by Gasteiger charge is 2.38. The van der Waals surface area contributed by atoms with Crippen LogP contribution in [0.2, 0.25) is 0 Å². The maximum Gasteiger partial charge on any atom is 0.191 e. The van der Waals surface area contributed by atoms with Crippen molar-refractivity contribution in [3.63, 3.8) is 0 Å². The predicted molar refractivity (Wildman–Crippen MR) is 139 cm³/mol. The molecule has 0 aromatic carbocycles. The lowest BCUT2D eigenvalue weighted by molar-refractivity contribution is -0.0352. The number of morpholine rings is 1. The van der Waals surface area contributed by atoms with E-state index in [1.165, 1.54) is 57.2 Å². The van der Waals surface area contributed by atoms with Crippen LogP contribution in [0, 0.1) is 0 Å². The number of aromatic nitrogens is 3. The fraction of sp³-hybridized carbons (Fsp3) is 0.870. The average Bonchev–Trinajstić information content (AvgIpc) is 3.05. The number of ether oxygens (including phenoxy) is 1. The fourth-order valence-corrected chi connectivity index (χ4v) is 5.50. The molecule has 2 fully saturated rings. The van der Waals surface area contributed by atoms with Crippen LogP contribution in [-0.4, -0.2) is 77.6 Å². The molecule has 0 bridgehead atoms. The summed E-state index contributed by atoms with van der Waals surface area (Å²) in [5, 5.41) is 16.1. The van der Waals surface area contributed by atoms with Crippen LogP contribution < -0.4 is 10.6 Å². The van der Waals surface area contributed by atoms with Gasteiger partial charge in [0.15, 0.2) is 5.96 Å². The molecule has 0 unspecified atom stereocenters. The Bertz CT molecular complexity index is 711. The summed E-state index contributed by atoms with van der Waals surface area (Å²) < 4.78 is 7.97. The second kappa shape index (κ2) is 13.1. The van der Waals surface area contributed by atoms with E-state index >= 15 is 0 Å². The van der Waals surface area contributed by atoms with E-state index in [-0.39, 0.29) is 29.5 Å². The summed E-state index contributed by atoms with van der Waals surface area (Å²) in [6, 6.07) is 0. The van der Waals surface area contributed by atoms with E-state index in [4.69, 9.17) is 4.74 Å². The number of guanidine groups is 1. The molecule has 0 spiro atoms. The molecule has 8 nitrogen and oxygen atoms in total. The van der Waals surface area contributed by atoms with Gasteiger partial charge in [0, 0.05) is 58.2 Å². The predicted octanol–water partition coefficient (Wildman–Crippen LogP) is 2.76. The number of fused-ring (bicyclic) bond motifs is 1. The number of hydrogen-bond donors (Lipinski definition) is 2. The van der Waals surface area contributed by atoms with E-state index < -0.39 is 0 Å². The maximum atomic E-state index is 5.61. The van der Waals surface area contributed by atoms with Crippen LogP contribution in [0.5, 0.6) is 0 Å². The third-order valence-electron chi connectivity index (χ3n) is 7.33. The molecule has 1 aliphatic carbocycles. The standard InChI is InChI=1S/C23H41N7O.HI/c1-24-22(25-13-8-10-21-28-27-20-9-4-2-7-14-30(20)21)26-19-23(11-5-3-6-12-23)29-15-17-31-18-16-29;/h2-19H2,1H3,(H2,24,25,26);1H. The molecule has 3 aliphatic rings. The Morgan fingerprint density at radius 2 is 1.78 bits per heavy atom. The lowest BCUT2D eigenvalue weighted by Gasteiger charge is -2.48. The second-order valence-corrected chi connectivity index (χ2v) is 9.34. The van der Waals surface area contributed by atoms with E-state index in [0.717, 1.165) is 77.0 Å². The first kappa shape index (κ1) is 25.7. The third kappa shape index (κ3) is 6.56. The SMILES string of the molecule is CN=C(NCCCc1nnc2n1CCCCC2)NCC1(N2CCOCC2)CCCCC1.I. The molecule has 182 valence electrons. The van der Waals surface area contributed by atoms with Crippen molar-refractivity contribution in [2.75, 3.05) is 46.4 Å². The number of nitrogens with one attached hydrogen (secondary N) is 2. The Balaban J connectivity index is 0.00000289. The molecule has 1 aromatic heterocycles. The van der Waals surface area contributed by atoms with Crippen LogP contribution in [0.15, 0.2) is 4.99 Å². The number of hydrogen-bond acceptors (Lipinski definition) is 5. The van der Waals surface area contributed by atoms with Gasteiger partial charge < -0.3 is 19.9 Å². The fourth-order valence-electron chi connectivity index (χ4n) is 5.50. The summed E-state index contributed by atoms with van der Waals surface area (Å²) in [4.78, 5) is 7.16. The zero-order valence-corrected chi connectivity index (χ0v) is 22.1. The van der Waals surface area contributed by atoms with Gasteiger partial charge in [-0.3, -0.25) is 9.89 Å². The number of nitrogens with zero attached hydrogens (tertiary/aromatic N) is 5. The van der Waals surface area contributed by atoms with Gasteiger partial charge in [0.05, 0.1) is 13.2 Å². The maximum absolute atomic E-state index is 5.61. The summed E-state index contributed by atoms with van der Waals surface area (Å²) >= 11 is 0. The minimum atomic E-state index is 0. The van der Waals surface area contributed by atoms with E-state index in [9.17, 15) is 0 Å². The lowest BCUT2D eigenvalue weighted by atomic mass is 9.80. The molecule has 9 heteroatoms. The molecule has 0 radical (unpaired) electrons. The van der Waals surface area contributed by atoms with Crippen molar-refractivity contribution in [1.82, 2.24) is 30.3 Å². The molecule has 1 aromatic rings. The van der Waals surface area contributed by atoms with Gasteiger partial charge in [-0.15, -0.1) is 34.2 Å². The minimum absolute atomic E-state index is 0. The first-order valence-electron chi connectivity index (χ1n) is 12.5. The summed E-state index contributed by atoms with van der Waals surface area (Å²) in [5.74, 6) is 3.24. The van der Waals surface area contributed by atoms with Crippen molar-refractivity contribution < 1.29 is 4.74 Å². The van der Waals surface area contributed by atoms with Crippen molar-refractivity contribution in [2.24, 2.45) is 4.99 Å². The van der Waals surface area contributed by atoms with Gasteiger partial charge in [-0.25, -0.2) is 0 Å². The van der Waals surface area contributed by atoms with Gasteiger partial charge in [0.1, 0.15) is 11.6 Å². The Morgan fingerprint density at radius 3 is 2.56 bits per heavy atom. The number of aryl methyl sites for hydroxylation is 2. The Kier molecular flexibility index (Phi) is 10.5. The highest BCUT2D eigenvalue weighted by molar-refractivity contribution is 14.0. The van der Waals surface area contributed by atoms with Crippen LogP contribution >= 0.6 is 24.0 Å². The first-order chi connectivity index (χ1) is 15.3. The van der Waals surface area contributed by atoms with Crippen molar-refractivity contribution in [1.29, 1.82) is 0 Å². The van der Waals surface area contributed by atoms with E-state index in [0.29, 0.717) is 0 Å². The van der Waals surface area contributed by atoms with Gasteiger partial charge in [-0.05, 0) is 32.1 Å². The molecule has 3 heterocycles. The molecule has 0 amide bonds. The summed E-state index contributed by atoms with van der Waals surface area (Å²) in [6.45, 7) is 6.77. The van der Waals surface area contributed by atoms with Gasteiger partial charge in [0.25, 0.3) is 0 Å². The van der Waals surface area contributed by atoms with Crippen LogP contribution in [0.1, 0.15) is 69.4 Å². The molecule has 32 heavy (non-hydrogen) atoms. The zero-order valence-electron chi connectivity index (χ0n) is 19.8. The molecule has 1 saturated carbocycles. The first-order valence-corrected chi connectivity index (χ1v) is 12.5. The van der Waals surface area contributed by atoms with Crippen LogP contribution in [0.25, 0.3) is 0 Å². The second-order valence-electron chi connectivity index (χ2n) is 9.34. The molecule has 4 rings (SSSR count). The van der Waals surface area contributed by atoms with E-state index in [1.807, 2.05) is 7.05 Å². The van der Waals surface area contributed by atoms with E-state index in [2.05, 4.69) is 35.3 Å². The van der Waals surface area contributed by atoms with Gasteiger partial charge in [-0.1, -0.05) is 25.7 Å². The highest BCUT2D eigenvalue weighted by Crippen LogP contribution is 2.33. The van der Waals surface area contributed by atoms with Crippen LogP contribution in [0.4, 0.5) is 0 Å². The Hall–Kier alpha value is -0.940. The Morgan fingerprint density at radius 1 is 1.00 bits per heavy atom. The van der Waals surface area contributed by atoms with E-state index in [1.54, 1.807) is 0 Å². The number of rotatable bonds is 7. The summed E-state index contributed by atoms with van der Waals surface area (Å²) in [5.41, 5.74) is 0.249. The smallest absolute Gasteiger partial charge is 0.191 e. The highest BCUT2D eigenvalue weighted by atomic mass is 127.